The number of hydrogen-bond donors (Lipinski definition) is 1. The molecule has 4 nitrogen and oxygen atoms in total. The molecule has 174 valence electrons. The Morgan fingerprint density at radius 2 is 1.69 bits per heavy atom. The van der Waals surface area contributed by atoms with Crippen molar-refractivity contribution in [2.24, 2.45) is 0 Å². The van der Waals surface area contributed by atoms with E-state index in [4.69, 9.17) is 0 Å². The Morgan fingerprint density at radius 3 is 2.25 bits per heavy atom. The molecule has 32 heavy (non-hydrogen) atoms. The number of aryl methyl sites for hydroxylation is 1. The van der Waals surface area contributed by atoms with E-state index in [2.05, 4.69) is 58.5 Å². The number of rotatable bonds is 4. The van der Waals surface area contributed by atoms with Crippen LogP contribution in [0.5, 0.6) is 0 Å². The fourth-order valence-corrected chi connectivity index (χ4v) is 4.33. The van der Waals surface area contributed by atoms with Crippen molar-refractivity contribution in [2.45, 2.75) is 46.0 Å². The van der Waals surface area contributed by atoms with Crippen LogP contribution in [-0.4, -0.2) is 47.4 Å². The highest BCUT2D eigenvalue weighted by molar-refractivity contribution is 14.1. The average molecular weight is 559 g/mol. The first-order valence-corrected chi connectivity index (χ1v) is 11.7. The molecular formula is C24H29F3IN3O. The lowest BCUT2D eigenvalue weighted by Crippen LogP contribution is -2.53. The summed E-state index contributed by atoms with van der Waals surface area (Å²) in [5, 5.41) is 2.61. The molecule has 0 radical (unpaired) electrons. The summed E-state index contributed by atoms with van der Waals surface area (Å²) in [7, 11) is 0. The third-order valence-corrected chi connectivity index (χ3v) is 6.98. The lowest BCUT2D eigenvalue weighted by molar-refractivity contribution is -0.138. The largest absolute Gasteiger partial charge is 0.416 e. The van der Waals surface area contributed by atoms with Crippen LogP contribution >= 0.6 is 22.6 Å². The van der Waals surface area contributed by atoms with Crippen molar-refractivity contribution in [3.63, 3.8) is 0 Å². The van der Waals surface area contributed by atoms with Crippen LogP contribution in [0.4, 0.5) is 18.9 Å². The minimum atomic E-state index is -4.50. The molecule has 1 aliphatic rings. The van der Waals surface area contributed by atoms with Crippen molar-refractivity contribution >= 4 is 34.2 Å². The van der Waals surface area contributed by atoms with E-state index in [1.165, 1.54) is 6.07 Å². The normalized spacial score (nSPS) is 16.2. The second kappa shape index (κ2) is 9.69. The van der Waals surface area contributed by atoms with Crippen LogP contribution in [0, 0.1) is 10.5 Å². The number of piperazine rings is 1. The third-order valence-electron chi connectivity index (χ3n) is 5.82. The molecule has 0 unspecified atom stereocenters. The van der Waals surface area contributed by atoms with Gasteiger partial charge in [-0.2, -0.15) is 13.2 Å². The van der Waals surface area contributed by atoms with Crippen molar-refractivity contribution in [3.8, 4) is 0 Å². The monoisotopic (exact) mass is 559 g/mol. The van der Waals surface area contributed by atoms with E-state index in [-0.39, 0.29) is 23.3 Å². The number of amides is 1. The van der Waals surface area contributed by atoms with Gasteiger partial charge in [-0.05, 0) is 85.7 Å². The topological polar surface area (TPSA) is 35.6 Å². The summed E-state index contributed by atoms with van der Waals surface area (Å²) in [6.45, 7) is 11.7. The van der Waals surface area contributed by atoms with Crippen molar-refractivity contribution in [1.29, 1.82) is 0 Å². The second-order valence-electron chi connectivity index (χ2n) is 9.22. The molecule has 1 saturated heterocycles. The highest BCUT2D eigenvalue weighted by Gasteiger charge is 2.35. The van der Waals surface area contributed by atoms with Gasteiger partial charge in [0.25, 0.3) is 5.91 Å². The van der Waals surface area contributed by atoms with E-state index < -0.39 is 17.6 Å². The first-order valence-electron chi connectivity index (χ1n) is 10.6. The fourth-order valence-electron chi connectivity index (χ4n) is 3.81. The number of alkyl halides is 3. The Hall–Kier alpha value is -1.65. The van der Waals surface area contributed by atoms with Crippen LogP contribution in [0.1, 0.15) is 47.8 Å². The third kappa shape index (κ3) is 6.23. The molecule has 2 aromatic rings. The lowest BCUT2D eigenvalue weighted by atomic mass is 10.0. The van der Waals surface area contributed by atoms with Gasteiger partial charge in [-0.15, -0.1) is 0 Å². The zero-order chi connectivity index (χ0) is 23.7. The van der Waals surface area contributed by atoms with Crippen molar-refractivity contribution in [1.82, 2.24) is 9.80 Å². The summed E-state index contributed by atoms with van der Waals surface area (Å²) in [4.78, 5) is 16.9. The summed E-state index contributed by atoms with van der Waals surface area (Å²) in [6.07, 6.45) is -4.50. The van der Waals surface area contributed by atoms with Crippen LogP contribution in [0.2, 0.25) is 0 Å². The average Bonchev–Trinajstić information content (AvgIpc) is 2.70. The molecule has 0 aromatic heterocycles. The summed E-state index contributed by atoms with van der Waals surface area (Å²) in [5.74, 6) is -0.429. The molecular weight excluding hydrogens is 530 g/mol. The molecule has 0 bridgehead atoms. The zero-order valence-corrected chi connectivity index (χ0v) is 21.0. The molecule has 0 atom stereocenters. The fraction of sp³-hybridized carbons (Fsp3) is 0.458. The standard InChI is InChI=1S/C24H29F3IN3O/c1-16-5-6-17(13-21(16)28)22(32)29-19-8-7-18(20(14-19)24(25,26)27)15-30-9-11-31(12-10-30)23(2,3)4/h5-8,13-14H,9-12,15H2,1-4H3,(H,29,32). The Morgan fingerprint density at radius 1 is 1.03 bits per heavy atom. The molecule has 1 fully saturated rings. The number of benzene rings is 2. The van der Waals surface area contributed by atoms with Gasteiger partial charge in [0.1, 0.15) is 0 Å². The van der Waals surface area contributed by atoms with Crippen molar-refractivity contribution in [3.05, 3.63) is 62.2 Å². The highest BCUT2D eigenvalue weighted by Crippen LogP contribution is 2.35. The van der Waals surface area contributed by atoms with Gasteiger partial charge in [0, 0.05) is 53.1 Å². The maximum atomic E-state index is 13.8. The molecule has 1 heterocycles. The van der Waals surface area contributed by atoms with Gasteiger partial charge in [-0.3, -0.25) is 14.6 Å². The van der Waals surface area contributed by atoms with Gasteiger partial charge in [0.2, 0.25) is 0 Å². The van der Waals surface area contributed by atoms with Gasteiger partial charge in [-0.25, -0.2) is 0 Å². The Balaban J connectivity index is 1.75. The molecule has 1 amide bonds. The van der Waals surface area contributed by atoms with E-state index in [0.717, 1.165) is 41.4 Å². The summed E-state index contributed by atoms with van der Waals surface area (Å²) in [6, 6.07) is 9.28. The van der Waals surface area contributed by atoms with Gasteiger partial charge in [0.15, 0.2) is 0 Å². The Labute approximate surface area is 201 Å². The number of carbonyl (C=O) groups excluding carboxylic acids is 1. The van der Waals surface area contributed by atoms with E-state index in [1.807, 2.05) is 13.0 Å². The van der Waals surface area contributed by atoms with Gasteiger partial charge < -0.3 is 5.32 Å². The van der Waals surface area contributed by atoms with Crippen molar-refractivity contribution < 1.29 is 18.0 Å². The summed E-state index contributed by atoms with van der Waals surface area (Å²) >= 11 is 2.13. The number of anilines is 1. The van der Waals surface area contributed by atoms with Crippen LogP contribution in [0.15, 0.2) is 36.4 Å². The quantitative estimate of drug-likeness (QED) is 0.483. The lowest BCUT2D eigenvalue weighted by Gasteiger charge is -2.42. The number of halogens is 4. The van der Waals surface area contributed by atoms with Crippen molar-refractivity contribution in [2.75, 3.05) is 31.5 Å². The van der Waals surface area contributed by atoms with Crippen LogP contribution in [0.3, 0.4) is 0 Å². The second-order valence-corrected chi connectivity index (χ2v) is 10.4. The van der Waals surface area contributed by atoms with Crippen LogP contribution in [0.25, 0.3) is 0 Å². The maximum Gasteiger partial charge on any atom is 0.416 e. The Bertz CT molecular complexity index is 977. The first-order chi connectivity index (χ1) is 14.8. The predicted molar refractivity (Wildman–Crippen MR) is 130 cm³/mol. The predicted octanol–water partition coefficient (Wildman–Crippen LogP) is 5.79. The minimum absolute atomic E-state index is 0.0542. The number of nitrogens with one attached hydrogen (secondary N) is 1. The van der Waals surface area contributed by atoms with Gasteiger partial charge >= 0.3 is 6.18 Å². The zero-order valence-electron chi connectivity index (χ0n) is 18.8. The first kappa shape index (κ1) is 25.0. The summed E-state index contributed by atoms with van der Waals surface area (Å²) < 4.78 is 42.4. The molecule has 1 N–H and O–H groups in total. The van der Waals surface area contributed by atoms with Crippen LogP contribution in [-0.2, 0) is 12.7 Å². The van der Waals surface area contributed by atoms with E-state index in [0.29, 0.717) is 5.56 Å². The van der Waals surface area contributed by atoms with Gasteiger partial charge in [-0.1, -0.05) is 12.1 Å². The van der Waals surface area contributed by atoms with Gasteiger partial charge in [0.05, 0.1) is 5.56 Å². The SMILES string of the molecule is Cc1ccc(C(=O)Nc2ccc(CN3CCN(C(C)(C)C)CC3)c(C(F)(F)F)c2)cc1I. The Kier molecular flexibility index (Phi) is 7.56. The molecule has 0 aliphatic carbocycles. The highest BCUT2D eigenvalue weighted by atomic mass is 127. The molecule has 0 saturated carbocycles. The number of hydrogen-bond acceptors (Lipinski definition) is 3. The van der Waals surface area contributed by atoms with Crippen LogP contribution < -0.4 is 5.32 Å². The molecule has 8 heteroatoms. The van der Waals surface area contributed by atoms with E-state index >= 15 is 0 Å². The molecule has 1 aliphatic heterocycles. The number of nitrogens with zero attached hydrogens (tertiary/aromatic N) is 2. The minimum Gasteiger partial charge on any atom is -0.322 e. The smallest absolute Gasteiger partial charge is 0.322 e. The summed E-state index contributed by atoms with van der Waals surface area (Å²) in [5.41, 5.74) is 1.16. The van der Waals surface area contributed by atoms with E-state index in [1.54, 1.807) is 18.2 Å². The maximum absolute atomic E-state index is 13.8. The van der Waals surface area contributed by atoms with E-state index in [9.17, 15) is 18.0 Å². The number of carbonyl (C=O) groups is 1. The molecule has 3 rings (SSSR count). The molecule has 0 spiro atoms. The molecule has 2 aromatic carbocycles.